The molecule has 0 aliphatic carbocycles. The molecule has 1 aliphatic heterocycles. The van der Waals surface area contributed by atoms with Gasteiger partial charge >= 0.3 is 0 Å². The van der Waals surface area contributed by atoms with Gasteiger partial charge in [0.1, 0.15) is 0 Å². The Balaban J connectivity index is 2.04. The summed E-state index contributed by atoms with van der Waals surface area (Å²) < 4.78 is 0.924. The Morgan fingerprint density at radius 3 is 2.95 bits per heavy atom. The monoisotopic (exact) mass is 322 g/mol. The van der Waals surface area contributed by atoms with Gasteiger partial charge in [0, 0.05) is 10.7 Å². The zero-order chi connectivity index (χ0) is 13.8. The van der Waals surface area contributed by atoms with Crippen LogP contribution in [0, 0.1) is 5.92 Å². The maximum atomic E-state index is 11.7. The molecule has 1 atom stereocenters. The predicted molar refractivity (Wildman–Crippen MR) is 74.6 cm³/mol. The summed E-state index contributed by atoms with van der Waals surface area (Å²) >= 11 is 3.36. The van der Waals surface area contributed by atoms with Gasteiger partial charge in [0.15, 0.2) is 5.92 Å². The Morgan fingerprint density at radius 2 is 2.32 bits per heavy atom. The summed E-state index contributed by atoms with van der Waals surface area (Å²) in [4.78, 5) is 22.9. The van der Waals surface area contributed by atoms with Crippen LogP contribution in [0.5, 0.6) is 0 Å². The topological polar surface area (TPSA) is 82.9 Å². The van der Waals surface area contributed by atoms with Crippen LogP contribution in [0.4, 0.5) is 0 Å². The molecule has 1 aromatic rings. The number of halogens is 1. The number of rotatable bonds is 3. The van der Waals surface area contributed by atoms with Crippen molar-refractivity contribution in [3.8, 4) is 0 Å². The van der Waals surface area contributed by atoms with Crippen LogP contribution in [0.25, 0.3) is 0 Å². The fourth-order valence-electron chi connectivity index (χ4n) is 1.49. The van der Waals surface area contributed by atoms with E-state index >= 15 is 0 Å². The van der Waals surface area contributed by atoms with E-state index in [1.807, 2.05) is 24.3 Å². The molecule has 0 radical (unpaired) electrons. The van der Waals surface area contributed by atoms with Crippen LogP contribution in [0.2, 0.25) is 0 Å². The Bertz CT molecular complexity index is 583. The van der Waals surface area contributed by atoms with E-state index in [1.165, 1.54) is 6.21 Å². The van der Waals surface area contributed by atoms with E-state index in [0.29, 0.717) is 5.71 Å². The lowest BCUT2D eigenvalue weighted by Gasteiger charge is -2.05. The number of hydrogen-bond acceptors (Lipinski definition) is 4. The third-order valence-electron chi connectivity index (χ3n) is 2.54. The fourth-order valence-corrected chi connectivity index (χ4v) is 1.89. The quantitative estimate of drug-likeness (QED) is 0.495. The van der Waals surface area contributed by atoms with Gasteiger partial charge in [-0.1, -0.05) is 28.1 Å². The SMILES string of the molecule is C/C(=N/NC(=O)[C@H]1C=NNC1=O)c1cccc(Br)c1. The number of hydrogen-bond donors (Lipinski definition) is 2. The smallest absolute Gasteiger partial charge is 0.258 e. The lowest BCUT2D eigenvalue weighted by Crippen LogP contribution is -2.34. The number of hydrazone groups is 2. The van der Waals surface area contributed by atoms with Gasteiger partial charge in [0.2, 0.25) is 0 Å². The van der Waals surface area contributed by atoms with Gasteiger partial charge in [-0.3, -0.25) is 9.59 Å². The van der Waals surface area contributed by atoms with Crippen LogP contribution < -0.4 is 10.9 Å². The summed E-state index contributed by atoms with van der Waals surface area (Å²) in [5, 5.41) is 7.49. The summed E-state index contributed by atoms with van der Waals surface area (Å²) in [7, 11) is 0. The predicted octanol–water partition coefficient (Wildman–Crippen LogP) is 1.02. The molecule has 0 fully saturated rings. The van der Waals surface area contributed by atoms with Crippen molar-refractivity contribution < 1.29 is 9.59 Å². The van der Waals surface area contributed by atoms with Gasteiger partial charge < -0.3 is 0 Å². The highest BCUT2D eigenvalue weighted by molar-refractivity contribution is 9.10. The zero-order valence-electron chi connectivity index (χ0n) is 10.1. The molecular formula is C12H11BrN4O2. The molecule has 0 spiro atoms. The first-order valence-electron chi connectivity index (χ1n) is 5.51. The summed E-state index contributed by atoms with van der Waals surface area (Å²) in [6.45, 7) is 1.77. The van der Waals surface area contributed by atoms with Crippen LogP contribution in [-0.4, -0.2) is 23.7 Å². The number of nitrogens with one attached hydrogen (secondary N) is 2. The molecule has 1 aliphatic rings. The lowest BCUT2D eigenvalue weighted by atomic mass is 10.1. The average Bonchev–Trinajstić information content (AvgIpc) is 2.82. The molecule has 2 N–H and O–H groups in total. The van der Waals surface area contributed by atoms with E-state index in [0.717, 1.165) is 10.0 Å². The molecule has 2 rings (SSSR count). The van der Waals surface area contributed by atoms with Crippen molar-refractivity contribution >= 4 is 39.7 Å². The molecule has 1 aromatic carbocycles. The van der Waals surface area contributed by atoms with E-state index in [1.54, 1.807) is 6.92 Å². The highest BCUT2D eigenvalue weighted by atomic mass is 79.9. The lowest BCUT2D eigenvalue weighted by molar-refractivity contribution is -0.131. The molecule has 6 nitrogen and oxygen atoms in total. The van der Waals surface area contributed by atoms with E-state index < -0.39 is 17.7 Å². The molecule has 0 unspecified atom stereocenters. The first kappa shape index (κ1) is 13.4. The molecule has 7 heteroatoms. The van der Waals surface area contributed by atoms with Gasteiger partial charge in [0.25, 0.3) is 11.8 Å². The van der Waals surface area contributed by atoms with Gasteiger partial charge in [-0.15, -0.1) is 0 Å². The second-order valence-electron chi connectivity index (χ2n) is 3.92. The molecule has 98 valence electrons. The van der Waals surface area contributed by atoms with Gasteiger partial charge in [0.05, 0.1) is 5.71 Å². The maximum absolute atomic E-state index is 11.7. The summed E-state index contributed by atoms with van der Waals surface area (Å²) in [5.41, 5.74) is 6.06. The van der Waals surface area contributed by atoms with Crippen LogP contribution >= 0.6 is 15.9 Å². The minimum absolute atomic E-state index is 0.451. The standard InChI is InChI=1S/C12H11BrN4O2/c1-7(8-3-2-4-9(13)5-8)15-17-12(19)10-6-14-16-11(10)18/h2-6,10H,1H3,(H,16,18)(H,17,19)/b15-7-/t10-/m0/s1. The Kier molecular flexibility index (Phi) is 4.06. The average molecular weight is 323 g/mol. The third kappa shape index (κ3) is 3.25. The van der Waals surface area contributed by atoms with E-state index in [9.17, 15) is 9.59 Å². The fraction of sp³-hybridized carbons (Fsp3) is 0.167. The minimum Gasteiger partial charge on any atom is -0.272 e. The molecular weight excluding hydrogens is 312 g/mol. The van der Waals surface area contributed by atoms with Crippen molar-refractivity contribution in [2.75, 3.05) is 0 Å². The Morgan fingerprint density at radius 1 is 1.53 bits per heavy atom. The molecule has 0 bridgehead atoms. The molecule has 2 amide bonds. The summed E-state index contributed by atoms with van der Waals surface area (Å²) in [5.74, 6) is -1.88. The zero-order valence-corrected chi connectivity index (χ0v) is 11.6. The summed E-state index contributed by atoms with van der Waals surface area (Å²) in [6, 6.07) is 7.53. The largest absolute Gasteiger partial charge is 0.272 e. The van der Waals surface area contributed by atoms with Crippen molar-refractivity contribution in [2.24, 2.45) is 16.1 Å². The van der Waals surface area contributed by atoms with E-state index in [2.05, 4.69) is 37.0 Å². The van der Waals surface area contributed by atoms with Crippen LogP contribution in [0.3, 0.4) is 0 Å². The van der Waals surface area contributed by atoms with Gasteiger partial charge in [-0.25, -0.2) is 10.9 Å². The minimum atomic E-state index is -0.918. The molecule has 19 heavy (non-hydrogen) atoms. The van der Waals surface area contributed by atoms with Crippen molar-refractivity contribution in [3.63, 3.8) is 0 Å². The molecule has 0 saturated carbocycles. The van der Waals surface area contributed by atoms with Crippen molar-refractivity contribution in [1.29, 1.82) is 0 Å². The van der Waals surface area contributed by atoms with Crippen LogP contribution in [-0.2, 0) is 9.59 Å². The van der Waals surface area contributed by atoms with Crippen molar-refractivity contribution in [1.82, 2.24) is 10.9 Å². The first-order valence-corrected chi connectivity index (χ1v) is 6.30. The second kappa shape index (κ2) is 5.75. The Hall–Kier alpha value is -2.02. The van der Waals surface area contributed by atoms with Gasteiger partial charge in [-0.05, 0) is 24.6 Å². The van der Waals surface area contributed by atoms with E-state index in [4.69, 9.17) is 0 Å². The normalized spacial score (nSPS) is 18.3. The van der Waals surface area contributed by atoms with Crippen LogP contribution in [0.1, 0.15) is 12.5 Å². The highest BCUT2D eigenvalue weighted by Crippen LogP contribution is 2.12. The third-order valence-corrected chi connectivity index (χ3v) is 3.03. The summed E-state index contributed by atoms with van der Waals surface area (Å²) in [6.07, 6.45) is 1.25. The number of amides is 2. The van der Waals surface area contributed by atoms with Crippen molar-refractivity contribution in [3.05, 3.63) is 34.3 Å². The van der Waals surface area contributed by atoms with Crippen molar-refractivity contribution in [2.45, 2.75) is 6.92 Å². The molecule has 0 aromatic heterocycles. The van der Waals surface area contributed by atoms with E-state index in [-0.39, 0.29) is 0 Å². The number of carbonyl (C=O) groups is 2. The molecule has 1 heterocycles. The molecule has 0 saturated heterocycles. The first-order chi connectivity index (χ1) is 9.08. The maximum Gasteiger partial charge on any atom is 0.258 e. The second-order valence-corrected chi connectivity index (χ2v) is 4.83. The van der Waals surface area contributed by atoms with Crippen LogP contribution in [0.15, 0.2) is 38.9 Å². The van der Waals surface area contributed by atoms with Gasteiger partial charge in [-0.2, -0.15) is 10.2 Å². The number of carbonyl (C=O) groups excluding carboxylic acids is 2. The number of benzene rings is 1. The Labute approximate surface area is 118 Å². The number of nitrogens with zero attached hydrogens (tertiary/aromatic N) is 2. The highest BCUT2D eigenvalue weighted by Gasteiger charge is 2.28.